The number of ether oxygens (including phenoxy) is 1. The lowest BCUT2D eigenvalue weighted by atomic mass is 9.97. The van der Waals surface area contributed by atoms with E-state index < -0.39 is 0 Å². The molecule has 26 heavy (non-hydrogen) atoms. The highest BCUT2D eigenvalue weighted by Crippen LogP contribution is 2.18. The van der Waals surface area contributed by atoms with E-state index in [0.29, 0.717) is 25.1 Å². The molecular weight excluding hydrogens is 439 g/mol. The van der Waals surface area contributed by atoms with Crippen molar-refractivity contribution in [3.8, 4) is 5.75 Å². The molecule has 5 nitrogen and oxygen atoms in total. The van der Waals surface area contributed by atoms with Crippen molar-refractivity contribution in [1.29, 1.82) is 0 Å². The quantitative estimate of drug-likeness (QED) is 0.361. The molecule has 0 amide bonds. The maximum atomic E-state index is 5.69. The van der Waals surface area contributed by atoms with Crippen molar-refractivity contribution in [2.75, 3.05) is 33.3 Å². The lowest BCUT2D eigenvalue weighted by Crippen LogP contribution is -2.46. The van der Waals surface area contributed by atoms with Crippen molar-refractivity contribution >= 4 is 29.9 Å². The molecule has 1 fully saturated rings. The highest BCUT2D eigenvalue weighted by molar-refractivity contribution is 14.0. The zero-order valence-corrected chi connectivity index (χ0v) is 19.0. The van der Waals surface area contributed by atoms with Gasteiger partial charge in [-0.2, -0.15) is 0 Å². The summed E-state index contributed by atoms with van der Waals surface area (Å²) in [4.78, 5) is 6.93. The maximum Gasteiger partial charge on any atom is 0.191 e. The van der Waals surface area contributed by atoms with Gasteiger partial charge in [-0.05, 0) is 52.1 Å². The Morgan fingerprint density at radius 1 is 1.31 bits per heavy atom. The van der Waals surface area contributed by atoms with Crippen molar-refractivity contribution < 1.29 is 4.74 Å². The molecule has 0 saturated carbocycles. The summed E-state index contributed by atoms with van der Waals surface area (Å²) >= 11 is 0. The second kappa shape index (κ2) is 12.4. The standard InChI is InChI=1S/C20H34N4O.HI/c1-5-25-19-11-7-6-10-18(19)14-23-20(21-4)22-13-17-9-8-12-24(15-17)16(2)3;/h6-7,10-11,16-17H,5,8-9,12-15H2,1-4H3,(H2,21,22,23);1H. The molecule has 6 heteroatoms. The first-order chi connectivity index (χ1) is 12.1. The fourth-order valence-corrected chi connectivity index (χ4v) is 3.32. The number of benzene rings is 1. The Hall–Kier alpha value is -1.02. The fraction of sp³-hybridized carbons (Fsp3) is 0.650. The van der Waals surface area contributed by atoms with E-state index in [9.17, 15) is 0 Å². The summed E-state index contributed by atoms with van der Waals surface area (Å²) in [5, 5.41) is 6.90. The van der Waals surface area contributed by atoms with E-state index in [1.54, 1.807) is 0 Å². The minimum atomic E-state index is 0. The fourth-order valence-electron chi connectivity index (χ4n) is 3.32. The smallest absolute Gasteiger partial charge is 0.191 e. The van der Waals surface area contributed by atoms with Crippen LogP contribution in [-0.2, 0) is 6.54 Å². The molecule has 1 aliphatic rings. The highest BCUT2D eigenvalue weighted by Gasteiger charge is 2.21. The molecule has 0 radical (unpaired) electrons. The van der Waals surface area contributed by atoms with Crippen LogP contribution in [0.25, 0.3) is 0 Å². The van der Waals surface area contributed by atoms with Crippen LogP contribution in [0.4, 0.5) is 0 Å². The van der Waals surface area contributed by atoms with E-state index in [4.69, 9.17) is 4.74 Å². The van der Waals surface area contributed by atoms with Gasteiger partial charge in [0.05, 0.1) is 6.61 Å². The van der Waals surface area contributed by atoms with Gasteiger partial charge in [-0.1, -0.05) is 18.2 Å². The van der Waals surface area contributed by atoms with Crippen molar-refractivity contribution in [2.24, 2.45) is 10.9 Å². The van der Waals surface area contributed by atoms with Gasteiger partial charge in [0.25, 0.3) is 0 Å². The average molecular weight is 474 g/mol. The first-order valence-electron chi connectivity index (χ1n) is 9.53. The predicted octanol–water partition coefficient (Wildman–Crippen LogP) is 3.49. The molecule has 1 aromatic carbocycles. The SMILES string of the molecule is CCOc1ccccc1CNC(=NC)NCC1CCCN(C(C)C)C1.I. The normalized spacial score (nSPS) is 18.3. The summed E-state index contributed by atoms with van der Waals surface area (Å²) in [7, 11) is 1.82. The van der Waals surface area contributed by atoms with Crippen LogP contribution in [0.1, 0.15) is 39.2 Å². The van der Waals surface area contributed by atoms with Gasteiger partial charge in [-0.25, -0.2) is 0 Å². The van der Waals surface area contributed by atoms with E-state index in [-0.39, 0.29) is 24.0 Å². The van der Waals surface area contributed by atoms with Gasteiger partial charge >= 0.3 is 0 Å². The van der Waals surface area contributed by atoms with Crippen molar-refractivity contribution in [2.45, 2.75) is 46.2 Å². The van der Waals surface area contributed by atoms with Crippen LogP contribution >= 0.6 is 24.0 Å². The summed E-state index contributed by atoms with van der Waals surface area (Å²) in [6.45, 7) is 11.3. The number of rotatable bonds is 7. The van der Waals surface area contributed by atoms with Crippen LogP contribution in [0.3, 0.4) is 0 Å². The van der Waals surface area contributed by atoms with Gasteiger partial charge in [0.2, 0.25) is 0 Å². The van der Waals surface area contributed by atoms with Crippen molar-refractivity contribution in [1.82, 2.24) is 15.5 Å². The number of guanidine groups is 1. The van der Waals surface area contributed by atoms with E-state index in [1.807, 2.05) is 32.2 Å². The second-order valence-corrected chi connectivity index (χ2v) is 6.94. The van der Waals surface area contributed by atoms with Crippen molar-refractivity contribution in [3.63, 3.8) is 0 Å². The highest BCUT2D eigenvalue weighted by atomic mass is 127. The zero-order chi connectivity index (χ0) is 18.1. The monoisotopic (exact) mass is 474 g/mol. The number of likely N-dealkylation sites (tertiary alicyclic amines) is 1. The topological polar surface area (TPSA) is 48.9 Å². The molecule has 2 N–H and O–H groups in total. The summed E-state index contributed by atoms with van der Waals surface area (Å²) < 4.78 is 5.69. The molecular formula is C20H35IN4O. The molecule has 1 unspecified atom stereocenters. The lowest BCUT2D eigenvalue weighted by molar-refractivity contribution is 0.141. The average Bonchev–Trinajstić information content (AvgIpc) is 2.63. The number of nitrogens with one attached hydrogen (secondary N) is 2. The first-order valence-corrected chi connectivity index (χ1v) is 9.53. The van der Waals surface area contributed by atoms with E-state index >= 15 is 0 Å². The van der Waals surface area contributed by atoms with Gasteiger partial charge in [0, 0.05) is 38.3 Å². The Labute approximate surface area is 176 Å². The summed E-state index contributed by atoms with van der Waals surface area (Å²) in [6, 6.07) is 8.78. The molecule has 148 valence electrons. The van der Waals surface area contributed by atoms with Gasteiger partial charge in [0.15, 0.2) is 5.96 Å². The van der Waals surface area contributed by atoms with Gasteiger partial charge in [-0.3, -0.25) is 4.99 Å². The van der Waals surface area contributed by atoms with Crippen molar-refractivity contribution in [3.05, 3.63) is 29.8 Å². The molecule has 1 aromatic rings. The number of halogens is 1. The largest absolute Gasteiger partial charge is 0.494 e. The molecule has 1 aliphatic heterocycles. The van der Waals surface area contributed by atoms with Crippen LogP contribution in [0, 0.1) is 5.92 Å². The van der Waals surface area contributed by atoms with Gasteiger partial charge < -0.3 is 20.3 Å². The minimum Gasteiger partial charge on any atom is -0.494 e. The summed E-state index contributed by atoms with van der Waals surface area (Å²) in [5.74, 6) is 2.48. The first kappa shape index (κ1) is 23.0. The van der Waals surface area contributed by atoms with E-state index in [0.717, 1.165) is 23.8 Å². The Balaban J connectivity index is 0.00000338. The number of hydrogen-bond donors (Lipinski definition) is 2. The number of hydrogen-bond acceptors (Lipinski definition) is 3. The Bertz CT molecular complexity index is 550. The third-order valence-corrected chi connectivity index (χ3v) is 4.78. The zero-order valence-electron chi connectivity index (χ0n) is 16.6. The van der Waals surface area contributed by atoms with Crippen LogP contribution in [0.15, 0.2) is 29.3 Å². The van der Waals surface area contributed by atoms with Crippen LogP contribution < -0.4 is 15.4 Å². The molecule has 1 saturated heterocycles. The molecule has 0 aromatic heterocycles. The molecule has 2 rings (SSSR count). The van der Waals surface area contributed by atoms with E-state index in [1.165, 1.54) is 25.9 Å². The third kappa shape index (κ3) is 7.31. The maximum absolute atomic E-state index is 5.69. The number of nitrogens with zero attached hydrogens (tertiary/aromatic N) is 2. The second-order valence-electron chi connectivity index (χ2n) is 6.94. The minimum absolute atomic E-state index is 0. The molecule has 1 heterocycles. The molecule has 0 spiro atoms. The number of aliphatic imine (C=N–C) groups is 1. The molecule has 0 bridgehead atoms. The summed E-state index contributed by atoms with van der Waals surface area (Å²) in [5.41, 5.74) is 1.15. The number of para-hydroxylation sites is 1. The van der Waals surface area contributed by atoms with Crippen LogP contribution in [0.5, 0.6) is 5.75 Å². The Morgan fingerprint density at radius 3 is 2.77 bits per heavy atom. The van der Waals surface area contributed by atoms with Gasteiger partial charge in [0.1, 0.15) is 5.75 Å². The third-order valence-electron chi connectivity index (χ3n) is 4.78. The predicted molar refractivity (Wildman–Crippen MR) is 121 cm³/mol. The summed E-state index contributed by atoms with van der Waals surface area (Å²) in [6.07, 6.45) is 2.58. The molecule has 0 aliphatic carbocycles. The Morgan fingerprint density at radius 2 is 2.08 bits per heavy atom. The van der Waals surface area contributed by atoms with E-state index in [2.05, 4.69) is 40.4 Å². The Kier molecular flexibility index (Phi) is 11.0. The molecule has 1 atom stereocenters. The number of piperidine rings is 1. The lowest BCUT2D eigenvalue weighted by Gasteiger charge is -2.35. The van der Waals surface area contributed by atoms with Crippen LogP contribution in [0.2, 0.25) is 0 Å². The van der Waals surface area contributed by atoms with Gasteiger partial charge in [-0.15, -0.1) is 24.0 Å². The van der Waals surface area contributed by atoms with Crippen LogP contribution in [-0.4, -0.2) is 50.2 Å².